The van der Waals surface area contributed by atoms with E-state index in [2.05, 4.69) is 21.6 Å². The van der Waals surface area contributed by atoms with Crippen molar-refractivity contribution in [3.05, 3.63) is 49.2 Å². The maximum absolute atomic E-state index is 12.5. The van der Waals surface area contributed by atoms with Crippen LogP contribution < -0.4 is 19.5 Å². The average molecular weight is 349 g/mol. The lowest BCUT2D eigenvalue weighted by molar-refractivity contribution is 0.386. The highest BCUT2D eigenvalue weighted by atomic mass is 32.2. The Morgan fingerprint density at radius 2 is 2.00 bits per heavy atom. The summed E-state index contributed by atoms with van der Waals surface area (Å²) in [5.41, 5.74) is 0.344. The third-order valence-corrected chi connectivity index (χ3v) is 4.52. The molecule has 0 saturated carbocycles. The molecule has 0 aliphatic rings. The van der Waals surface area contributed by atoms with Gasteiger partial charge in [0.2, 0.25) is 0 Å². The maximum Gasteiger partial charge on any atom is 0.265 e. The summed E-state index contributed by atoms with van der Waals surface area (Å²) in [6, 6.07) is 7.78. The summed E-state index contributed by atoms with van der Waals surface area (Å²) >= 11 is 0. The Balaban J connectivity index is 2.23. The van der Waals surface area contributed by atoms with Gasteiger partial charge in [0.05, 0.1) is 26.1 Å². The Kier molecular flexibility index (Phi) is 5.64. The van der Waals surface area contributed by atoms with Gasteiger partial charge < -0.3 is 14.8 Å². The highest BCUT2D eigenvalue weighted by Gasteiger charge is 2.20. The summed E-state index contributed by atoms with van der Waals surface area (Å²) in [6.45, 7) is 4.17. The lowest BCUT2D eigenvalue weighted by Crippen LogP contribution is -2.14. The fourth-order valence-electron chi connectivity index (χ4n) is 1.94. The standard InChI is InChI=1S/C16H19N3O4S/c1-4-9-17-16-8-5-12(11-18-16)19-24(20,21)15-7-6-13(22-2)10-14(15)23-3/h4-8,10-11,19H,1,9H2,2-3H3,(H,17,18). The first-order chi connectivity index (χ1) is 11.5. The molecule has 0 amide bonds. The van der Waals surface area contributed by atoms with Gasteiger partial charge in [-0.15, -0.1) is 6.58 Å². The zero-order valence-electron chi connectivity index (χ0n) is 13.4. The minimum Gasteiger partial charge on any atom is -0.497 e. The molecule has 0 aliphatic carbocycles. The molecular formula is C16H19N3O4S. The molecule has 1 aromatic carbocycles. The number of rotatable bonds is 8. The molecule has 2 rings (SSSR count). The zero-order valence-corrected chi connectivity index (χ0v) is 14.3. The van der Waals surface area contributed by atoms with Crippen LogP contribution in [0.2, 0.25) is 0 Å². The first-order valence-electron chi connectivity index (χ1n) is 7.06. The van der Waals surface area contributed by atoms with Gasteiger partial charge in [0.15, 0.2) is 0 Å². The number of nitrogens with zero attached hydrogens (tertiary/aromatic N) is 1. The largest absolute Gasteiger partial charge is 0.497 e. The zero-order chi connectivity index (χ0) is 17.6. The summed E-state index contributed by atoms with van der Waals surface area (Å²) in [5, 5.41) is 3.01. The van der Waals surface area contributed by atoms with Crippen molar-refractivity contribution < 1.29 is 17.9 Å². The Morgan fingerprint density at radius 1 is 1.21 bits per heavy atom. The van der Waals surface area contributed by atoms with Crippen molar-refractivity contribution in [2.75, 3.05) is 30.8 Å². The summed E-state index contributed by atoms with van der Waals surface area (Å²) in [4.78, 5) is 4.14. The highest BCUT2D eigenvalue weighted by molar-refractivity contribution is 7.92. The molecule has 2 aromatic rings. The summed E-state index contributed by atoms with van der Waals surface area (Å²) < 4.78 is 37.8. The van der Waals surface area contributed by atoms with Gasteiger partial charge in [-0.1, -0.05) is 6.08 Å². The summed E-state index contributed by atoms with van der Waals surface area (Å²) in [7, 11) is -0.925. The van der Waals surface area contributed by atoms with Gasteiger partial charge in [0.25, 0.3) is 10.0 Å². The molecule has 0 spiro atoms. The van der Waals surface area contributed by atoms with Crippen LogP contribution >= 0.6 is 0 Å². The fourth-order valence-corrected chi connectivity index (χ4v) is 3.14. The number of methoxy groups -OCH3 is 2. The van der Waals surface area contributed by atoms with Crippen molar-refractivity contribution in [1.29, 1.82) is 0 Å². The number of nitrogens with one attached hydrogen (secondary N) is 2. The van der Waals surface area contributed by atoms with Crippen LogP contribution in [0.15, 0.2) is 54.1 Å². The summed E-state index contributed by atoms with van der Waals surface area (Å²) in [5.74, 6) is 1.32. The predicted octanol–water partition coefficient (Wildman–Crippen LogP) is 2.50. The molecule has 0 fully saturated rings. The molecule has 8 heteroatoms. The van der Waals surface area contributed by atoms with Gasteiger partial charge in [-0.05, 0) is 24.3 Å². The smallest absolute Gasteiger partial charge is 0.265 e. The van der Waals surface area contributed by atoms with Crippen LogP contribution in [0, 0.1) is 0 Å². The van der Waals surface area contributed by atoms with E-state index < -0.39 is 10.0 Å². The van der Waals surface area contributed by atoms with E-state index in [1.807, 2.05) is 0 Å². The van der Waals surface area contributed by atoms with Gasteiger partial charge in [-0.25, -0.2) is 13.4 Å². The molecule has 1 heterocycles. The predicted molar refractivity (Wildman–Crippen MR) is 93.3 cm³/mol. The van der Waals surface area contributed by atoms with Gasteiger partial charge >= 0.3 is 0 Å². The topological polar surface area (TPSA) is 89.5 Å². The quantitative estimate of drug-likeness (QED) is 0.712. The number of hydrogen-bond donors (Lipinski definition) is 2. The van der Waals surface area contributed by atoms with Gasteiger partial charge in [-0.2, -0.15) is 0 Å². The van der Waals surface area contributed by atoms with Gasteiger partial charge in [0.1, 0.15) is 22.2 Å². The lowest BCUT2D eigenvalue weighted by atomic mass is 10.3. The lowest BCUT2D eigenvalue weighted by Gasteiger charge is -2.13. The van der Waals surface area contributed by atoms with E-state index in [1.54, 1.807) is 24.3 Å². The van der Waals surface area contributed by atoms with Crippen molar-refractivity contribution in [2.24, 2.45) is 0 Å². The Morgan fingerprint density at radius 3 is 2.58 bits per heavy atom. The highest BCUT2D eigenvalue weighted by Crippen LogP contribution is 2.29. The normalized spacial score (nSPS) is 10.8. The van der Waals surface area contributed by atoms with Crippen LogP contribution in [-0.2, 0) is 10.0 Å². The number of hydrogen-bond acceptors (Lipinski definition) is 6. The van der Waals surface area contributed by atoms with E-state index in [9.17, 15) is 8.42 Å². The van der Waals surface area contributed by atoms with E-state index in [0.29, 0.717) is 23.8 Å². The van der Waals surface area contributed by atoms with E-state index in [0.717, 1.165) is 0 Å². The van der Waals surface area contributed by atoms with Crippen molar-refractivity contribution in [3.8, 4) is 11.5 Å². The fraction of sp³-hybridized carbons (Fsp3) is 0.188. The second kappa shape index (κ2) is 7.69. The minimum absolute atomic E-state index is 0.0136. The number of benzene rings is 1. The number of sulfonamides is 1. The first kappa shape index (κ1) is 17.6. The molecule has 128 valence electrons. The van der Waals surface area contributed by atoms with Crippen LogP contribution in [0.1, 0.15) is 0 Å². The molecule has 1 aromatic heterocycles. The monoisotopic (exact) mass is 349 g/mol. The van der Waals surface area contributed by atoms with Gasteiger partial charge in [0, 0.05) is 12.6 Å². The van der Waals surface area contributed by atoms with Crippen molar-refractivity contribution in [1.82, 2.24) is 4.98 Å². The van der Waals surface area contributed by atoms with Crippen LogP contribution in [0.5, 0.6) is 11.5 Å². The van der Waals surface area contributed by atoms with E-state index >= 15 is 0 Å². The van der Waals surface area contributed by atoms with E-state index in [-0.39, 0.29) is 10.6 Å². The molecule has 0 unspecified atom stereocenters. The Hall–Kier alpha value is -2.74. The third-order valence-electron chi connectivity index (χ3n) is 3.10. The second-order valence-corrected chi connectivity index (χ2v) is 6.37. The minimum atomic E-state index is -3.82. The third kappa shape index (κ3) is 4.17. The summed E-state index contributed by atoms with van der Waals surface area (Å²) in [6.07, 6.45) is 3.13. The average Bonchev–Trinajstić information content (AvgIpc) is 2.60. The molecule has 0 aliphatic heterocycles. The molecule has 0 saturated heterocycles. The molecular weight excluding hydrogens is 330 g/mol. The second-order valence-electron chi connectivity index (χ2n) is 4.72. The number of aromatic nitrogens is 1. The van der Waals surface area contributed by atoms with E-state index in [1.165, 1.54) is 32.5 Å². The molecule has 2 N–H and O–H groups in total. The molecule has 0 bridgehead atoms. The maximum atomic E-state index is 12.5. The van der Waals surface area contributed by atoms with Crippen LogP contribution in [0.25, 0.3) is 0 Å². The first-order valence-corrected chi connectivity index (χ1v) is 8.54. The van der Waals surface area contributed by atoms with E-state index in [4.69, 9.17) is 9.47 Å². The number of ether oxygens (including phenoxy) is 2. The SMILES string of the molecule is C=CCNc1ccc(NS(=O)(=O)c2ccc(OC)cc2OC)cn1. The van der Waals surface area contributed by atoms with Crippen LogP contribution in [0.4, 0.5) is 11.5 Å². The molecule has 0 atom stereocenters. The van der Waals surface area contributed by atoms with Crippen LogP contribution in [0.3, 0.4) is 0 Å². The Bertz CT molecular complexity index is 805. The van der Waals surface area contributed by atoms with Crippen molar-refractivity contribution in [3.63, 3.8) is 0 Å². The Labute approximate surface area is 141 Å². The molecule has 0 radical (unpaired) electrons. The van der Waals surface area contributed by atoms with Gasteiger partial charge in [-0.3, -0.25) is 4.72 Å². The molecule has 7 nitrogen and oxygen atoms in total. The van der Waals surface area contributed by atoms with Crippen molar-refractivity contribution >= 4 is 21.5 Å². The van der Waals surface area contributed by atoms with Crippen molar-refractivity contribution in [2.45, 2.75) is 4.90 Å². The molecule has 24 heavy (non-hydrogen) atoms. The number of anilines is 2. The number of pyridine rings is 1. The van der Waals surface area contributed by atoms with Crippen LogP contribution in [-0.4, -0.2) is 34.2 Å².